The quantitative estimate of drug-likeness (QED) is 0.905. The molecule has 0 saturated heterocycles. The molecule has 94 valence electrons. The van der Waals surface area contributed by atoms with Crippen LogP contribution < -0.4 is 5.32 Å². The highest BCUT2D eigenvalue weighted by atomic mass is 35.5. The third-order valence-electron chi connectivity index (χ3n) is 2.43. The van der Waals surface area contributed by atoms with Crippen molar-refractivity contribution in [1.82, 2.24) is 5.32 Å². The summed E-state index contributed by atoms with van der Waals surface area (Å²) in [7, 11) is 0. The van der Waals surface area contributed by atoms with E-state index in [1.54, 1.807) is 30.3 Å². The Morgan fingerprint density at radius 2 is 2.06 bits per heavy atom. The van der Waals surface area contributed by atoms with E-state index in [4.69, 9.17) is 11.6 Å². The Labute approximate surface area is 114 Å². The maximum atomic E-state index is 11.7. The van der Waals surface area contributed by atoms with Crippen LogP contribution in [-0.2, 0) is 17.8 Å². The SMILES string of the molecule is O=C(Cc1ccccc1O)NCc1ccc(Cl)s1. The van der Waals surface area contributed by atoms with Crippen LogP contribution in [0.4, 0.5) is 0 Å². The molecule has 0 radical (unpaired) electrons. The number of carbonyl (C=O) groups excluding carboxylic acids is 1. The van der Waals surface area contributed by atoms with Gasteiger partial charge in [0.25, 0.3) is 0 Å². The zero-order chi connectivity index (χ0) is 13.0. The van der Waals surface area contributed by atoms with Crippen LogP contribution in [-0.4, -0.2) is 11.0 Å². The van der Waals surface area contributed by atoms with E-state index in [2.05, 4.69) is 5.32 Å². The van der Waals surface area contributed by atoms with Gasteiger partial charge < -0.3 is 10.4 Å². The number of rotatable bonds is 4. The highest BCUT2D eigenvalue weighted by molar-refractivity contribution is 7.16. The molecule has 3 nitrogen and oxygen atoms in total. The predicted molar refractivity (Wildman–Crippen MR) is 73.0 cm³/mol. The average Bonchev–Trinajstić information content (AvgIpc) is 2.76. The van der Waals surface area contributed by atoms with Gasteiger partial charge in [-0.2, -0.15) is 0 Å². The number of nitrogens with one attached hydrogen (secondary N) is 1. The minimum Gasteiger partial charge on any atom is -0.508 e. The summed E-state index contributed by atoms with van der Waals surface area (Å²) in [5.41, 5.74) is 0.624. The number of para-hydroxylation sites is 1. The van der Waals surface area contributed by atoms with Gasteiger partial charge in [-0.25, -0.2) is 0 Å². The van der Waals surface area contributed by atoms with Crippen LogP contribution in [0, 0.1) is 0 Å². The molecule has 0 spiro atoms. The Morgan fingerprint density at radius 1 is 1.28 bits per heavy atom. The van der Waals surface area contributed by atoms with Crippen LogP contribution in [0.5, 0.6) is 5.75 Å². The fourth-order valence-corrected chi connectivity index (χ4v) is 2.56. The van der Waals surface area contributed by atoms with Crippen molar-refractivity contribution in [3.8, 4) is 5.75 Å². The Hall–Kier alpha value is -1.52. The molecule has 1 aromatic heterocycles. The Bertz CT molecular complexity index is 553. The van der Waals surface area contributed by atoms with Crippen LogP contribution in [0.25, 0.3) is 0 Å². The van der Waals surface area contributed by atoms with E-state index in [-0.39, 0.29) is 18.1 Å². The maximum Gasteiger partial charge on any atom is 0.224 e. The monoisotopic (exact) mass is 281 g/mol. The fourth-order valence-electron chi connectivity index (χ4n) is 1.53. The highest BCUT2D eigenvalue weighted by Gasteiger charge is 2.07. The molecule has 0 aliphatic rings. The van der Waals surface area contributed by atoms with Crippen LogP contribution in [0.2, 0.25) is 4.34 Å². The van der Waals surface area contributed by atoms with Gasteiger partial charge in [-0.1, -0.05) is 29.8 Å². The number of aromatic hydroxyl groups is 1. The number of halogens is 1. The van der Waals surface area contributed by atoms with Gasteiger partial charge in [0, 0.05) is 10.4 Å². The number of phenolic OH excluding ortho intramolecular Hbond substituents is 1. The minimum absolute atomic E-state index is 0.124. The highest BCUT2D eigenvalue weighted by Crippen LogP contribution is 2.21. The van der Waals surface area contributed by atoms with Crippen molar-refractivity contribution in [3.05, 3.63) is 51.2 Å². The summed E-state index contributed by atoms with van der Waals surface area (Å²) in [6.07, 6.45) is 0.172. The molecule has 2 N–H and O–H groups in total. The molecule has 0 saturated carbocycles. The molecule has 0 bridgehead atoms. The lowest BCUT2D eigenvalue weighted by molar-refractivity contribution is -0.120. The van der Waals surface area contributed by atoms with Crippen molar-refractivity contribution in [2.75, 3.05) is 0 Å². The van der Waals surface area contributed by atoms with Crippen LogP contribution in [0.1, 0.15) is 10.4 Å². The molecule has 0 aliphatic carbocycles. The van der Waals surface area contributed by atoms with E-state index >= 15 is 0 Å². The van der Waals surface area contributed by atoms with E-state index in [1.807, 2.05) is 6.07 Å². The average molecular weight is 282 g/mol. The molecule has 1 heterocycles. The first-order chi connectivity index (χ1) is 8.65. The molecule has 0 unspecified atom stereocenters. The molecule has 1 amide bonds. The van der Waals surface area contributed by atoms with Gasteiger partial charge in [-0.15, -0.1) is 11.3 Å². The van der Waals surface area contributed by atoms with Crippen molar-refractivity contribution < 1.29 is 9.90 Å². The summed E-state index contributed by atoms with van der Waals surface area (Å²) in [5.74, 6) is 0.0211. The van der Waals surface area contributed by atoms with E-state index in [0.717, 1.165) is 4.88 Å². The summed E-state index contributed by atoms with van der Waals surface area (Å²) >= 11 is 7.24. The molecule has 0 fully saturated rings. The third kappa shape index (κ3) is 3.48. The van der Waals surface area contributed by atoms with E-state index < -0.39 is 0 Å². The van der Waals surface area contributed by atoms with Gasteiger partial charge in [-0.05, 0) is 18.2 Å². The van der Waals surface area contributed by atoms with Crippen molar-refractivity contribution in [1.29, 1.82) is 0 Å². The standard InChI is InChI=1S/C13H12ClNO2S/c14-12-6-5-10(18-12)8-15-13(17)7-9-3-1-2-4-11(9)16/h1-6,16H,7-8H2,(H,15,17). The number of hydrogen-bond acceptors (Lipinski definition) is 3. The first kappa shape index (κ1) is 12.9. The predicted octanol–water partition coefficient (Wildman–Crippen LogP) is 2.97. The van der Waals surface area contributed by atoms with Crippen molar-refractivity contribution >= 4 is 28.8 Å². The summed E-state index contributed by atoms with van der Waals surface area (Å²) < 4.78 is 0.708. The lowest BCUT2D eigenvalue weighted by Gasteiger charge is -2.05. The molecular weight excluding hydrogens is 270 g/mol. The van der Waals surface area contributed by atoms with Gasteiger partial charge in [0.15, 0.2) is 0 Å². The Balaban J connectivity index is 1.88. The van der Waals surface area contributed by atoms with Gasteiger partial charge in [0.1, 0.15) is 5.75 Å². The third-order valence-corrected chi connectivity index (χ3v) is 3.66. The first-order valence-electron chi connectivity index (χ1n) is 5.43. The minimum atomic E-state index is -0.124. The fraction of sp³-hybridized carbons (Fsp3) is 0.154. The second-order valence-electron chi connectivity index (χ2n) is 3.79. The summed E-state index contributed by atoms with van der Waals surface area (Å²) in [5, 5.41) is 12.3. The molecular formula is C13H12ClNO2S. The normalized spacial score (nSPS) is 10.3. The second-order valence-corrected chi connectivity index (χ2v) is 5.59. The number of benzene rings is 1. The van der Waals surface area contributed by atoms with Gasteiger partial charge in [0.2, 0.25) is 5.91 Å². The molecule has 18 heavy (non-hydrogen) atoms. The molecule has 5 heteroatoms. The maximum absolute atomic E-state index is 11.7. The van der Waals surface area contributed by atoms with Crippen LogP contribution in [0.15, 0.2) is 36.4 Å². The lowest BCUT2D eigenvalue weighted by Crippen LogP contribution is -2.24. The van der Waals surface area contributed by atoms with Crippen LogP contribution >= 0.6 is 22.9 Å². The topological polar surface area (TPSA) is 49.3 Å². The number of phenols is 1. The van der Waals surface area contributed by atoms with Crippen molar-refractivity contribution in [3.63, 3.8) is 0 Å². The second kappa shape index (κ2) is 5.89. The zero-order valence-corrected chi connectivity index (χ0v) is 11.1. The number of hydrogen-bond donors (Lipinski definition) is 2. The summed E-state index contributed by atoms with van der Waals surface area (Å²) in [6, 6.07) is 10.5. The van der Waals surface area contributed by atoms with E-state index in [0.29, 0.717) is 16.4 Å². The molecule has 0 aliphatic heterocycles. The largest absolute Gasteiger partial charge is 0.508 e. The smallest absolute Gasteiger partial charge is 0.224 e. The van der Waals surface area contributed by atoms with Gasteiger partial charge >= 0.3 is 0 Å². The number of carbonyl (C=O) groups is 1. The molecule has 2 rings (SSSR count). The van der Waals surface area contributed by atoms with Crippen LogP contribution in [0.3, 0.4) is 0 Å². The summed E-state index contributed by atoms with van der Waals surface area (Å²) in [4.78, 5) is 12.7. The Morgan fingerprint density at radius 3 is 2.72 bits per heavy atom. The lowest BCUT2D eigenvalue weighted by atomic mass is 10.1. The number of amides is 1. The van der Waals surface area contributed by atoms with Gasteiger partial charge in [-0.3, -0.25) is 4.79 Å². The summed E-state index contributed by atoms with van der Waals surface area (Å²) in [6.45, 7) is 0.462. The first-order valence-corrected chi connectivity index (χ1v) is 6.62. The number of thiophene rings is 1. The Kier molecular flexibility index (Phi) is 4.23. The van der Waals surface area contributed by atoms with Crippen molar-refractivity contribution in [2.45, 2.75) is 13.0 Å². The zero-order valence-electron chi connectivity index (χ0n) is 9.52. The molecule has 1 aromatic carbocycles. The van der Waals surface area contributed by atoms with Gasteiger partial charge in [0.05, 0.1) is 17.3 Å². The molecule has 2 aromatic rings. The van der Waals surface area contributed by atoms with E-state index in [9.17, 15) is 9.90 Å². The van der Waals surface area contributed by atoms with Crippen molar-refractivity contribution in [2.24, 2.45) is 0 Å². The molecule has 0 atom stereocenters. The van der Waals surface area contributed by atoms with E-state index in [1.165, 1.54) is 11.3 Å².